The number of para-hydroxylation sites is 1. The van der Waals surface area contributed by atoms with Crippen molar-refractivity contribution in [2.45, 2.75) is 0 Å². The van der Waals surface area contributed by atoms with E-state index < -0.39 is 0 Å². The summed E-state index contributed by atoms with van der Waals surface area (Å²) in [5.41, 5.74) is 6.88. The van der Waals surface area contributed by atoms with E-state index in [2.05, 4.69) is 115 Å². The molecular formula is C45H27N3O. The van der Waals surface area contributed by atoms with Gasteiger partial charge in [-0.05, 0) is 67.7 Å². The van der Waals surface area contributed by atoms with Crippen LogP contribution >= 0.6 is 0 Å². The zero-order chi connectivity index (χ0) is 32.3. The molecule has 0 N–H and O–H groups in total. The quantitative estimate of drug-likeness (QED) is 0.183. The SMILES string of the molecule is c1ccc(-c2nc(-c3ccc4c(ccc5ccccc54)c3)nc(-c3ccc(-c4cccc5oc6ccccc6c45)c4ccccc34)n2)cc1. The number of hydrogen-bond donors (Lipinski definition) is 0. The fourth-order valence-corrected chi connectivity index (χ4v) is 7.22. The summed E-state index contributed by atoms with van der Waals surface area (Å²) in [6.45, 7) is 0. The molecule has 4 nitrogen and oxygen atoms in total. The average Bonchev–Trinajstić information content (AvgIpc) is 3.56. The summed E-state index contributed by atoms with van der Waals surface area (Å²) >= 11 is 0. The van der Waals surface area contributed by atoms with E-state index in [9.17, 15) is 0 Å². The molecule has 8 aromatic carbocycles. The molecule has 4 heteroatoms. The molecule has 0 bridgehead atoms. The van der Waals surface area contributed by atoms with Gasteiger partial charge in [-0.15, -0.1) is 0 Å². The first-order valence-corrected chi connectivity index (χ1v) is 16.4. The zero-order valence-electron chi connectivity index (χ0n) is 26.3. The van der Waals surface area contributed by atoms with E-state index in [1.807, 2.05) is 48.5 Å². The number of benzene rings is 8. The van der Waals surface area contributed by atoms with Crippen molar-refractivity contribution in [2.24, 2.45) is 0 Å². The average molecular weight is 626 g/mol. The highest BCUT2D eigenvalue weighted by Crippen LogP contribution is 2.41. The molecule has 0 atom stereocenters. The molecule has 228 valence electrons. The van der Waals surface area contributed by atoms with Gasteiger partial charge in [0.15, 0.2) is 17.5 Å². The Bertz CT molecular complexity index is 2890. The fourth-order valence-electron chi connectivity index (χ4n) is 7.22. The van der Waals surface area contributed by atoms with Gasteiger partial charge in [0.2, 0.25) is 0 Å². The molecule has 0 unspecified atom stereocenters. The lowest BCUT2D eigenvalue weighted by molar-refractivity contribution is 0.669. The number of rotatable bonds is 4. The maximum absolute atomic E-state index is 6.25. The molecule has 0 aliphatic carbocycles. The number of nitrogens with zero attached hydrogens (tertiary/aromatic N) is 3. The predicted molar refractivity (Wildman–Crippen MR) is 201 cm³/mol. The summed E-state index contributed by atoms with van der Waals surface area (Å²) in [6, 6.07) is 56.9. The van der Waals surface area contributed by atoms with E-state index in [-0.39, 0.29) is 0 Å². The minimum absolute atomic E-state index is 0.636. The molecule has 0 fully saturated rings. The van der Waals surface area contributed by atoms with Crippen molar-refractivity contribution in [3.63, 3.8) is 0 Å². The highest BCUT2D eigenvalue weighted by molar-refractivity contribution is 6.16. The van der Waals surface area contributed by atoms with Crippen molar-refractivity contribution in [1.82, 2.24) is 15.0 Å². The second kappa shape index (κ2) is 11.0. The maximum atomic E-state index is 6.25. The summed E-state index contributed by atoms with van der Waals surface area (Å²) < 4.78 is 6.25. The van der Waals surface area contributed by atoms with Gasteiger partial charge in [-0.3, -0.25) is 0 Å². The third-order valence-corrected chi connectivity index (χ3v) is 9.53. The van der Waals surface area contributed by atoms with Crippen LogP contribution in [-0.4, -0.2) is 15.0 Å². The summed E-state index contributed by atoms with van der Waals surface area (Å²) in [6.07, 6.45) is 0. The Morgan fingerprint density at radius 1 is 0.327 bits per heavy atom. The normalized spacial score (nSPS) is 11.7. The van der Waals surface area contributed by atoms with Crippen LogP contribution in [0.5, 0.6) is 0 Å². The molecule has 0 radical (unpaired) electrons. The van der Waals surface area contributed by atoms with Crippen LogP contribution in [0.4, 0.5) is 0 Å². The topological polar surface area (TPSA) is 51.8 Å². The van der Waals surface area contributed by atoms with E-state index in [1.165, 1.54) is 16.2 Å². The summed E-state index contributed by atoms with van der Waals surface area (Å²) in [5, 5.41) is 9.25. The van der Waals surface area contributed by atoms with Gasteiger partial charge in [-0.1, -0.05) is 140 Å². The molecule has 0 aliphatic rings. The molecule has 49 heavy (non-hydrogen) atoms. The molecule has 2 aromatic heterocycles. The van der Waals surface area contributed by atoms with Crippen molar-refractivity contribution in [3.8, 4) is 45.3 Å². The zero-order valence-corrected chi connectivity index (χ0v) is 26.3. The van der Waals surface area contributed by atoms with Gasteiger partial charge in [0.25, 0.3) is 0 Å². The first kappa shape index (κ1) is 27.5. The van der Waals surface area contributed by atoms with Crippen molar-refractivity contribution >= 4 is 54.3 Å². The summed E-state index contributed by atoms with van der Waals surface area (Å²) in [7, 11) is 0. The van der Waals surface area contributed by atoms with Crippen LogP contribution in [0.3, 0.4) is 0 Å². The highest BCUT2D eigenvalue weighted by Gasteiger charge is 2.18. The highest BCUT2D eigenvalue weighted by atomic mass is 16.3. The fraction of sp³-hybridized carbons (Fsp3) is 0. The molecular weight excluding hydrogens is 599 g/mol. The standard InChI is InChI=1S/C45H27N3O/c1-2-12-29(13-3-1)43-46-44(31-23-24-33-30(27-31)22-21-28-11-4-5-14-32(28)33)48-45(47-43)38-26-25-36(34-15-6-7-16-35(34)38)37-18-10-20-41-42(37)39-17-8-9-19-40(39)49-41/h1-27H. The van der Waals surface area contributed by atoms with E-state index in [1.54, 1.807) is 0 Å². The lowest BCUT2D eigenvalue weighted by Gasteiger charge is -2.14. The molecule has 0 saturated carbocycles. The molecule has 10 aromatic rings. The second-order valence-electron chi connectivity index (χ2n) is 12.4. The van der Waals surface area contributed by atoms with Crippen molar-refractivity contribution in [2.75, 3.05) is 0 Å². The lowest BCUT2D eigenvalue weighted by Crippen LogP contribution is -2.01. The van der Waals surface area contributed by atoms with Crippen LogP contribution in [0, 0.1) is 0 Å². The summed E-state index contributed by atoms with van der Waals surface area (Å²) in [4.78, 5) is 15.3. The third-order valence-electron chi connectivity index (χ3n) is 9.53. The van der Waals surface area contributed by atoms with Gasteiger partial charge in [0, 0.05) is 27.5 Å². The van der Waals surface area contributed by atoms with Crippen LogP contribution in [-0.2, 0) is 0 Å². The van der Waals surface area contributed by atoms with Crippen LogP contribution in [0.25, 0.3) is 99.5 Å². The Labute approximate surface area is 282 Å². The largest absolute Gasteiger partial charge is 0.456 e. The number of furan rings is 1. The van der Waals surface area contributed by atoms with E-state index >= 15 is 0 Å². The molecule has 10 rings (SSSR count). The second-order valence-corrected chi connectivity index (χ2v) is 12.4. The first-order chi connectivity index (χ1) is 24.3. The number of fused-ring (bicyclic) bond motifs is 7. The molecule has 0 amide bonds. The predicted octanol–water partition coefficient (Wildman–Crippen LogP) is 11.9. The minimum atomic E-state index is 0.636. The van der Waals surface area contributed by atoms with Crippen LogP contribution in [0.1, 0.15) is 0 Å². The van der Waals surface area contributed by atoms with Crippen LogP contribution in [0.2, 0.25) is 0 Å². The Morgan fingerprint density at radius 3 is 1.80 bits per heavy atom. The number of hydrogen-bond acceptors (Lipinski definition) is 4. The Kier molecular flexibility index (Phi) is 6.15. The van der Waals surface area contributed by atoms with Gasteiger partial charge in [-0.25, -0.2) is 15.0 Å². The number of aromatic nitrogens is 3. The van der Waals surface area contributed by atoms with Gasteiger partial charge >= 0.3 is 0 Å². The third kappa shape index (κ3) is 4.49. The molecule has 2 heterocycles. The van der Waals surface area contributed by atoms with Crippen molar-refractivity contribution in [1.29, 1.82) is 0 Å². The van der Waals surface area contributed by atoms with E-state index in [0.717, 1.165) is 65.9 Å². The molecule has 0 spiro atoms. The van der Waals surface area contributed by atoms with Crippen LogP contribution < -0.4 is 0 Å². The van der Waals surface area contributed by atoms with Crippen molar-refractivity contribution < 1.29 is 4.42 Å². The van der Waals surface area contributed by atoms with Gasteiger partial charge in [0.1, 0.15) is 11.2 Å². The molecule has 0 aliphatic heterocycles. The summed E-state index contributed by atoms with van der Waals surface area (Å²) in [5.74, 6) is 1.92. The Hall–Kier alpha value is -6.65. The Morgan fingerprint density at radius 2 is 0.939 bits per heavy atom. The first-order valence-electron chi connectivity index (χ1n) is 16.4. The van der Waals surface area contributed by atoms with Crippen LogP contribution in [0.15, 0.2) is 168 Å². The lowest BCUT2D eigenvalue weighted by atomic mass is 9.92. The maximum Gasteiger partial charge on any atom is 0.164 e. The molecule has 0 saturated heterocycles. The minimum Gasteiger partial charge on any atom is -0.456 e. The monoisotopic (exact) mass is 625 g/mol. The van der Waals surface area contributed by atoms with Gasteiger partial charge in [0.05, 0.1) is 0 Å². The smallest absolute Gasteiger partial charge is 0.164 e. The van der Waals surface area contributed by atoms with Crippen molar-refractivity contribution in [3.05, 3.63) is 164 Å². The van der Waals surface area contributed by atoms with Gasteiger partial charge in [-0.2, -0.15) is 0 Å². The van der Waals surface area contributed by atoms with E-state index in [4.69, 9.17) is 19.4 Å². The van der Waals surface area contributed by atoms with E-state index in [0.29, 0.717) is 17.5 Å². The van der Waals surface area contributed by atoms with Gasteiger partial charge < -0.3 is 4.42 Å². The Balaban J connectivity index is 1.19.